The number of rotatable bonds is 8. The molecule has 1 atom stereocenters. The minimum atomic E-state index is -0.399. The predicted octanol–water partition coefficient (Wildman–Crippen LogP) is -0.223. The van der Waals surface area contributed by atoms with E-state index >= 15 is 0 Å². The third kappa shape index (κ3) is 4.62. The molecule has 0 aromatic rings. The zero-order valence-electron chi connectivity index (χ0n) is 11.1. The fourth-order valence-corrected chi connectivity index (χ4v) is 1.99. The monoisotopic (exact) mass is 258 g/mol. The molecular weight excluding hydrogens is 236 g/mol. The van der Waals surface area contributed by atoms with Gasteiger partial charge in [-0.25, -0.2) is 0 Å². The molecule has 0 aromatic carbocycles. The zero-order valence-corrected chi connectivity index (χ0v) is 11.1. The van der Waals surface area contributed by atoms with Gasteiger partial charge in [0.15, 0.2) is 0 Å². The summed E-state index contributed by atoms with van der Waals surface area (Å²) in [6.07, 6.45) is 2.14. The van der Waals surface area contributed by atoms with E-state index in [1.807, 2.05) is 0 Å². The highest BCUT2D eigenvalue weighted by Crippen LogP contribution is 2.08. The quantitative estimate of drug-likeness (QED) is 0.611. The molecule has 1 aliphatic heterocycles. The van der Waals surface area contributed by atoms with Crippen LogP contribution in [0.15, 0.2) is 0 Å². The summed E-state index contributed by atoms with van der Waals surface area (Å²) >= 11 is 0. The van der Waals surface area contributed by atoms with Gasteiger partial charge in [0.2, 0.25) is 11.8 Å². The molecular formula is C12H22N2O4. The second-order valence-corrected chi connectivity index (χ2v) is 4.36. The van der Waals surface area contributed by atoms with E-state index in [4.69, 9.17) is 9.47 Å². The van der Waals surface area contributed by atoms with Crippen LogP contribution in [0.2, 0.25) is 0 Å². The van der Waals surface area contributed by atoms with Gasteiger partial charge in [0.25, 0.3) is 0 Å². The lowest BCUT2D eigenvalue weighted by atomic mass is 10.1. The number of nitrogens with zero attached hydrogens (tertiary/aromatic N) is 1. The number of ether oxygens (including phenoxy) is 2. The molecule has 6 nitrogen and oxygen atoms in total. The van der Waals surface area contributed by atoms with E-state index in [9.17, 15) is 9.59 Å². The first-order chi connectivity index (χ1) is 8.69. The summed E-state index contributed by atoms with van der Waals surface area (Å²) in [5.41, 5.74) is 0. The predicted molar refractivity (Wildman–Crippen MR) is 66.1 cm³/mol. The molecule has 0 radical (unpaired) electrons. The minimum absolute atomic E-state index is 0.00167. The van der Waals surface area contributed by atoms with Gasteiger partial charge in [-0.3, -0.25) is 9.59 Å². The van der Waals surface area contributed by atoms with Gasteiger partial charge in [-0.2, -0.15) is 0 Å². The third-order valence-electron chi connectivity index (χ3n) is 2.90. The summed E-state index contributed by atoms with van der Waals surface area (Å²) in [5.74, 6) is -0.0868. The standard InChI is InChI=1S/C12H22N2O4/c1-17-7-3-5-10-12(16)14(6-4-8-18-2)9-11(15)13-10/h10H,3-9H2,1-2H3,(H,13,15). The Morgan fingerprint density at radius 2 is 1.89 bits per heavy atom. The Balaban J connectivity index is 2.43. The fourth-order valence-electron chi connectivity index (χ4n) is 1.99. The van der Waals surface area contributed by atoms with Crippen molar-refractivity contribution in [2.45, 2.75) is 25.3 Å². The van der Waals surface area contributed by atoms with E-state index < -0.39 is 6.04 Å². The van der Waals surface area contributed by atoms with Crippen molar-refractivity contribution in [3.05, 3.63) is 0 Å². The average molecular weight is 258 g/mol. The fraction of sp³-hybridized carbons (Fsp3) is 0.833. The average Bonchev–Trinajstić information content (AvgIpc) is 2.35. The Bertz CT molecular complexity index is 259. The summed E-state index contributed by atoms with van der Waals surface area (Å²) < 4.78 is 9.89. The lowest BCUT2D eigenvalue weighted by molar-refractivity contribution is -0.144. The van der Waals surface area contributed by atoms with Gasteiger partial charge >= 0.3 is 0 Å². The summed E-state index contributed by atoms with van der Waals surface area (Å²) in [6.45, 7) is 1.92. The van der Waals surface area contributed by atoms with Crippen LogP contribution in [-0.4, -0.2) is 63.3 Å². The molecule has 1 rings (SSSR count). The normalized spacial score (nSPS) is 20.1. The molecule has 1 unspecified atom stereocenters. The van der Waals surface area contributed by atoms with E-state index in [-0.39, 0.29) is 18.4 Å². The molecule has 104 valence electrons. The lowest BCUT2D eigenvalue weighted by Gasteiger charge is -2.32. The van der Waals surface area contributed by atoms with Crippen LogP contribution >= 0.6 is 0 Å². The van der Waals surface area contributed by atoms with Crippen LogP contribution in [0.4, 0.5) is 0 Å². The van der Waals surface area contributed by atoms with E-state index in [1.54, 1.807) is 19.1 Å². The van der Waals surface area contributed by atoms with Crippen molar-refractivity contribution in [2.24, 2.45) is 0 Å². The Morgan fingerprint density at radius 1 is 1.22 bits per heavy atom. The van der Waals surface area contributed by atoms with Crippen LogP contribution in [0.25, 0.3) is 0 Å². The molecule has 6 heteroatoms. The van der Waals surface area contributed by atoms with Crippen LogP contribution in [0.3, 0.4) is 0 Å². The molecule has 0 aromatic heterocycles. The van der Waals surface area contributed by atoms with E-state index in [2.05, 4.69) is 5.32 Å². The van der Waals surface area contributed by atoms with Crippen molar-refractivity contribution in [3.63, 3.8) is 0 Å². The molecule has 18 heavy (non-hydrogen) atoms. The molecule has 1 fully saturated rings. The van der Waals surface area contributed by atoms with Gasteiger partial charge < -0.3 is 19.7 Å². The van der Waals surface area contributed by atoms with Crippen molar-refractivity contribution >= 4 is 11.8 Å². The molecule has 0 bridgehead atoms. The van der Waals surface area contributed by atoms with Crippen molar-refractivity contribution in [2.75, 3.05) is 40.5 Å². The van der Waals surface area contributed by atoms with Gasteiger partial charge in [-0.05, 0) is 19.3 Å². The first-order valence-electron chi connectivity index (χ1n) is 6.25. The molecule has 1 aliphatic rings. The summed E-state index contributed by atoms with van der Waals surface area (Å²) in [7, 11) is 3.25. The molecule has 0 saturated carbocycles. The van der Waals surface area contributed by atoms with Crippen molar-refractivity contribution in [1.29, 1.82) is 0 Å². The van der Waals surface area contributed by atoms with Gasteiger partial charge in [0, 0.05) is 34.0 Å². The van der Waals surface area contributed by atoms with Gasteiger partial charge in [0.1, 0.15) is 6.04 Å². The number of methoxy groups -OCH3 is 2. The van der Waals surface area contributed by atoms with Crippen LogP contribution in [0, 0.1) is 0 Å². The van der Waals surface area contributed by atoms with Crippen molar-refractivity contribution in [3.8, 4) is 0 Å². The Morgan fingerprint density at radius 3 is 2.56 bits per heavy atom. The summed E-state index contributed by atoms with van der Waals surface area (Å²) in [5, 5.41) is 2.73. The Hall–Kier alpha value is -1.14. The number of amides is 2. The number of piperazine rings is 1. The van der Waals surface area contributed by atoms with Crippen molar-refractivity contribution < 1.29 is 19.1 Å². The molecule has 0 spiro atoms. The second-order valence-electron chi connectivity index (χ2n) is 4.36. The maximum absolute atomic E-state index is 12.1. The molecule has 1 saturated heterocycles. The first kappa shape index (κ1) is 14.9. The number of hydrogen-bond donors (Lipinski definition) is 1. The zero-order chi connectivity index (χ0) is 13.4. The molecule has 1 heterocycles. The van der Waals surface area contributed by atoms with Crippen LogP contribution in [0.5, 0.6) is 0 Å². The van der Waals surface area contributed by atoms with Crippen LogP contribution in [-0.2, 0) is 19.1 Å². The minimum Gasteiger partial charge on any atom is -0.385 e. The number of hydrogen-bond acceptors (Lipinski definition) is 4. The highest BCUT2D eigenvalue weighted by atomic mass is 16.5. The SMILES string of the molecule is COCCCC1NC(=O)CN(CCCOC)C1=O. The topological polar surface area (TPSA) is 67.9 Å². The van der Waals surface area contributed by atoms with Crippen molar-refractivity contribution in [1.82, 2.24) is 10.2 Å². The highest BCUT2D eigenvalue weighted by Gasteiger charge is 2.31. The molecule has 1 N–H and O–H groups in total. The van der Waals surface area contributed by atoms with E-state index in [1.165, 1.54) is 0 Å². The van der Waals surface area contributed by atoms with E-state index in [0.29, 0.717) is 26.2 Å². The summed E-state index contributed by atoms with van der Waals surface area (Å²) in [6, 6.07) is -0.399. The second kappa shape index (κ2) is 8.05. The van der Waals surface area contributed by atoms with Gasteiger partial charge in [-0.1, -0.05) is 0 Å². The Kier molecular flexibility index (Phi) is 6.67. The molecule has 0 aliphatic carbocycles. The smallest absolute Gasteiger partial charge is 0.245 e. The lowest BCUT2D eigenvalue weighted by Crippen LogP contribution is -2.58. The van der Waals surface area contributed by atoms with E-state index in [0.717, 1.165) is 12.8 Å². The Labute approximate surface area is 108 Å². The largest absolute Gasteiger partial charge is 0.385 e. The van der Waals surface area contributed by atoms with Crippen LogP contribution < -0.4 is 5.32 Å². The first-order valence-corrected chi connectivity index (χ1v) is 6.25. The van der Waals surface area contributed by atoms with Gasteiger partial charge in [0.05, 0.1) is 6.54 Å². The van der Waals surface area contributed by atoms with Gasteiger partial charge in [-0.15, -0.1) is 0 Å². The summed E-state index contributed by atoms with van der Waals surface area (Å²) in [4.78, 5) is 25.2. The number of nitrogens with one attached hydrogen (secondary N) is 1. The molecule has 2 amide bonds. The van der Waals surface area contributed by atoms with Crippen LogP contribution in [0.1, 0.15) is 19.3 Å². The highest BCUT2D eigenvalue weighted by molar-refractivity contribution is 5.94. The maximum Gasteiger partial charge on any atom is 0.245 e. The number of carbonyl (C=O) groups is 2. The third-order valence-corrected chi connectivity index (χ3v) is 2.90. The number of carbonyl (C=O) groups excluding carboxylic acids is 2. The maximum atomic E-state index is 12.1.